The van der Waals surface area contributed by atoms with Crippen LogP contribution in [0.5, 0.6) is 0 Å². The zero-order chi connectivity index (χ0) is 25.7. The van der Waals surface area contributed by atoms with Crippen molar-refractivity contribution in [3.8, 4) is 0 Å². The Morgan fingerprint density at radius 3 is 2.37 bits per heavy atom. The molecule has 1 aliphatic heterocycles. The molecule has 2 heterocycles. The van der Waals surface area contributed by atoms with Crippen molar-refractivity contribution in [2.45, 2.75) is 26.3 Å². The Labute approximate surface area is 222 Å². The smallest absolute Gasteiger partial charge is 0.256 e. The van der Waals surface area contributed by atoms with Crippen LogP contribution < -0.4 is 0 Å². The van der Waals surface area contributed by atoms with E-state index >= 15 is 0 Å². The van der Waals surface area contributed by atoms with E-state index in [0.29, 0.717) is 38.4 Å². The van der Waals surface area contributed by atoms with Crippen molar-refractivity contribution in [3.63, 3.8) is 0 Å². The van der Waals surface area contributed by atoms with Gasteiger partial charge in [0.2, 0.25) is 0 Å². The second-order valence-electron chi connectivity index (χ2n) is 9.60. The van der Waals surface area contributed by atoms with Crippen molar-refractivity contribution >= 4 is 28.3 Å². The number of carbonyl (C=O) groups is 1. The monoisotopic (exact) mass is 499 g/mol. The molecule has 0 saturated heterocycles. The van der Waals surface area contributed by atoms with Gasteiger partial charge in [-0.1, -0.05) is 97.1 Å². The predicted molar refractivity (Wildman–Crippen MR) is 151 cm³/mol. The second-order valence-corrected chi connectivity index (χ2v) is 9.60. The van der Waals surface area contributed by atoms with Crippen LogP contribution in [0.25, 0.3) is 22.4 Å². The Kier molecular flexibility index (Phi) is 6.83. The molecule has 5 heteroatoms. The van der Waals surface area contributed by atoms with Gasteiger partial charge in [0.1, 0.15) is 6.73 Å². The van der Waals surface area contributed by atoms with Gasteiger partial charge in [-0.2, -0.15) is 0 Å². The predicted octanol–water partition coefficient (Wildman–Crippen LogP) is 6.34. The van der Waals surface area contributed by atoms with E-state index in [1.807, 2.05) is 88.3 Å². The number of fused-ring (bicyclic) bond motifs is 2. The number of imidazole rings is 1. The highest BCUT2D eigenvalue weighted by molar-refractivity contribution is 6.24. The molecule has 4 aromatic carbocycles. The number of benzene rings is 4. The summed E-state index contributed by atoms with van der Waals surface area (Å²) in [7, 11) is 0. The molecule has 188 valence electrons. The third-order valence-corrected chi connectivity index (χ3v) is 6.94. The van der Waals surface area contributed by atoms with Gasteiger partial charge in [0, 0.05) is 19.5 Å². The number of carbonyl (C=O) groups excluding carboxylic acids is 1. The minimum Gasteiger partial charge on any atom is -0.356 e. The molecule has 5 aromatic rings. The molecule has 0 spiro atoms. The summed E-state index contributed by atoms with van der Waals surface area (Å²) in [6.45, 7) is 1.96. The quantitative estimate of drug-likeness (QED) is 0.246. The van der Waals surface area contributed by atoms with Gasteiger partial charge < -0.3 is 14.2 Å². The van der Waals surface area contributed by atoms with Crippen molar-refractivity contribution in [2.24, 2.45) is 0 Å². The lowest BCUT2D eigenvalue weighted by atomic mass is 10.0. The van der Waals surface area contributed by atoms with E-state index in [0.717, 1.165) is 28.1 Å². The van der Waals surface area contributed by atoms with Crippen LogP contribution in [0.2, 0.25) is 0 Å². The number of rotatable bonds is 7. The molecule has 0 saturated carbocycles. The highest BCUT2D eigenvalue weighted by Crippen LogP contribution is 2.29. The molecular weight excluding hydrogens is 470 g/mol. The van der Waals surface area contributed by atoms with Crippen molar-refractivity contribution in [1.82, 2.24) is 14.5 Å². The third-order valence-electron chi connectivity index (χ3n) is 6.94. The van der Waals surface area contributed by atoms with Crippen molar-refractivity contribution in [1.29, 1.82) is 0 Å². The zero-order valence-electron chi connectivity index (χ0n) is 21.2. The number of hydrogen-bond acceptors (Lipinski definition) is 3. The SMILES string of the molecule is O=C1/C(=C\c2ccccc2)c2c(ncn2COCc2ccccc2)CCN1Cc1ccc2ccccc2c1. The van der Waals surface area contributed by atoms with Crippen LogP contribution in [0.1, 0.15) is 28.1 Å². The van der Waals surface area contributed by atoms with E-state index in [1.54, 1.807) is 6.33 Å². The van der Waals surface area contributed by atoms with Crippen LogP contribution in [0, 0.1) is 0 Å². The fourth-order valence-electron chi connectivity index (χ4n) is 5.02. The van der Waals surface area contributed by atoms with Gasteiger partial charge in [-0.05, 0) is 39.6 Å². The maximum atomic E-state index is 14.1. The standard InChI is InChI=1S/C33H29N3O2/c37-33-30(20-25-9-3-1-4-10-25)32-31(34-23-36(32)24-38-22-26-11-5-2-6-12-26)17-18-35(33)21-27-15-16-28-13-7-8-14-29(28)19-27/h1-16,19-20,23H,17-18,21-22,24H2/b30-20-. The maximum Gasteiger partial charge on any atom is 0.256 e. The second kappa shape index (κ2) is 10.9. The summed E-state index contributed by atoms with van der Waals surface area (Å²) in [6.07, 6.45) is 4.46. The van der Waals surface area contributed by atoms with Crippen molar-refractivity contribution < 1.29 is 9.53 Å². The molecule has 0 aliphatic carbocycles. The average Bonchev–Trinajstić information content (AvgIpc) is 3.31. The van der Waals surface area contributed by atoms with E-state index in [-0.39, 0.29) is 5.91 Å². The molecule has 1 aromatic heterocycles. The highest BCUT2D eigenvalue weighted by Gasteiger charge is 2.29. The average molecular weight is 500 g/mol. The Hall–Kier alpha value is -4.48. The lowest BCUT2D eigenvalue weighted by Gasteiger charge is -2.22. The molecule has 38 heavy (non-hydrogen) atoms. The molecule has 0 unspecified atom stereocenters. The third kappa shape index (κ3) is 5.15. The summed E-state index contributed by atoms with van der Waals surface area (Å²) in [5.74, 6) is 0.00516. The normalized spacial score (nSPS) is 14.6. The van der Waals surface area contributed by atoms with E-state index < -0.39 is 0 Å². The molecule has 0 bridgehead atoms. The molecule has 6 rings (SSSR count). The number of hydrogen-bond donors (Lipinski definition) is 0. The fourth-order valence-corrected chi connectivity index (χ4v) is 5.02. The van der Waals surface area contributed by atoms with Crippen molar-refractivity contribution in [3.05, 3.63) is 138 Å². The van der Waals surface area contributed by atoms with Crippen molar-refractivity contribution in [2.75, 3.05) is 6.54 Å². The first-order valence-corrected chi connectivity index (χ1v) is 12.9. The molecule has 0 radical (unpaired) electrons. The summed E-state index contributed by atoms with van der Waals surface area (Å²) in [5, 5.41) is 2.38. The minimum absolute atomic E-state index is 0.00516. The Bertz CT molecular complexity index is 1590. The van der Waals surface area contributed by atoms with Gasteiger partial charge >= 0.3 is 0 Å². The summed E-state index contributed by atoms with van der Waals surface area (Å²) in [6, 6.07) is 34.8. The zero-order valence-corrected chi connectivity index (χ0v) is 21.2. The number of amides is 1. The van der Waals surface area contributed by atoms with Gasteiger partial charge in [0.05, 0.1) is 29.9 Å². The van der Waals surface area contributed by atoms with Crippen LogP contribution in [0.3, 0.4) is 0 Å². The van der Waals surface area contributed by atoms with E-state index in [1.165, 1.54) is 10.8 Å². The maximum absolute atomic E-state index is 14.1. The first kappa shape index (κ1) is 23.9. The van der Waals surface area contributed by atoms with Gasteiger partial charge in [0.25, 0.3) is 5.91 Å². The number of aromatic nitrogens is 2. The Morgan fingerprint density at radius 1 is 0.816 bits per heavy atom. The molecule has 5 nitrogen and oxygen atoms in total. The molecular formula is C33H29N3O2. The summed E-state index contributed by atoms with van der Waals surface area (Å²) < 4.78 is 8.00. The number of ether oxygens (including phenoxy) is 1. The summed E-state index contributed by atoms with van der Waals surface area (Å²) in [5.41, 5.74) is 5.61. The van der Waals surface area contributed by atoms with Crippen LogP contribution in [-0.2, 0) is 35.8 Å². The molecule has 1 aliphatic rings. The van der Waals surface area contributed by atoms with E-state index in [2.05, 4.69) is 30.3 Å². The van der Waals surface area contributed by atoms with Crippen LogP contribution in [-0.4, -0.2) is 26.9 Å². The summed E-state index contributed by atoms with van der Waals surface area (Å²) >= 11 is 0. The fraction of sp³-hybridized carbons (Fsp3) is 0.152. The first-order chi connectivity index (χ1) is 18.7. The molecule has 1 amide bonds. The first-order valence-electron chi connectivity index (χ1n) is 12.9. The lowest BCUT2D eigenvalue weighted by Crippen LogP contribution is -2.31. The Balaban J connectivity index is 1.31. The largest absolute Gasteiger partial charge is 0.356 e. The Morgan fingerprint density at radius 2 is 1.55 bits per heavy atom. The minimum atomic E-state index is 0.00516. The van der Waals surface area contributed by atoms with Crippen LogP contribution >= 0.6 is 0 Å². The van der Waals surface area contributed by atoms with E-state index in [4.69, 9.17) is 9.72 Å². The van der Waals surface area contributed by atoms with E-state index in [9.17, 15) is 4.79 Å². The van der Waals surface area contributed by atoms with Gasteiger partial charge in [-0.3, -0.25) is 4.79 Å². The molecule has 0 N–H and O–H groups in total. The van der Waals surface area contributed by atoms with Gasteiger partial charge in [0.15, 0.2) is 0 Å². The topological polar surface area (TPSA) is 47.4 Å². The molecule has 0 fully saturated rings. The highest BCUT2D eigenvalue weighted by atomic mass is 16.5. The van der Waals surface area contributed by atoms with Gasteiger partial charge in [-0.15, -0.1) is 0 Å². The molecule has 0 atom stereocenters. The number of nitrogens with zero attached hydrogens (tertiary/aromatic N) is 3. The lowest BCUT2D eigenvalue weighted by molar-refractivity contribution is -0.125. The van der Waals surface area contributed by atoms with Crippen LogP contribution in [0.15, 0.2) is 109 Å². The summed E-state index contributed by atoms with van der Waals surface area (Å²) in [4.78, 5) is 20.8. The van der Waals surface area contributed by atoms with Crippen LogP contribution in [0.4, 0.5) is 0 Å². The van der Waals surface area contributed by atoms with Gasteiger partial charge in [-0.25, -0.2) is 4.98 Å².